The molecule has 0 aliphatic rings. The summed E-state index contributed by atoms with van der Waals surface area (Å²) in [6.45, 7) is 3.62. The molecule has 0 aliphatic heterocycles. The number of nitrogens with zero attached hydrogens (tertiary/aromatic N) is 4. The molecule has 0 spiro atoms. The first kappa shape index (κ1) is 20.4. The third-order valence-corrected chi connectivity index (χ3v) is 4.80. The Labute approximate surface area is 175 Å². The first-order valence-corrected chi connectivity index (χ1v) is 9.26. The van der Waals surface area contributed by atoms with Gasteiger partial charge in [0.15, 0.2) is 11.9 Å². The lowest BCUT2D eigenvalue weighted by Crippen LogP contribution is -2.21. The topological polar surface area (TPSA) is 119 Å². The van der Waals surface area contributed by atoms with Gasteiger partial charge >= 0.3 is 0 Å². The molecule has 1 atom stereocenters. The SMILES string of the molecule is Cc1cc(NC(=O)C(O)c2cc(F)cc(F)c2)ccc1-n1nc(C)c2ncnc(N)c21. The van der Waals surface area contributed by atoms with Gasteiger partial charge in [-0.15, -0.1) is 0 Å². The van der Waals surface area contributed by atoms with Gasteiger partial charge in [-0.25, -0.2) is 23.4 Å². The van der Waals surface area contributed by atoms with E-state index in [1.54, 1.807) is 22.9 Å². The Morgan fingerprint density at radius 2 is 1.84 bits per heavy atom. The van der Waals surface area contributed by atoms with Crippen molar-refractivity contribution in [3.8, 4) is 5.69 Å². The number of hydrogen-bond donors (Lipinski definition) is 3. The van der Waals surface area contributed by atoms with Gasteiger partial charge in [-0.05, 0) is 55.3 Å². The number of nitrogens with two attached hydrogens (primary N) is 1. The zero-order valence-corrected chi connectivity index (χ0v) is 16.6. The maximum absolute atomic E-state index is 13.4. The van der Waals surface area contributed by atoms with Gasteiger partial charge < -0.3 is 16.2 Å². The summed E-state index contributed by atoms with van der Waals surface area (Å²) in [7, 11) is 0. The lowest BCUT2D eigenvalue weighted by atomic mass is 10.1. The molecule has 0 bridgehead atoms. The minimum absolute atomic E-state index is 0.183. The number of aliphatic hydroxyl groups excluding tert-OH is 1. The first-order chi connectivity index (χ1) is 14.7. The number of rotatable bonds is 4. The van der Waals surface area contributed by atoms with E-state index >= 15 is 0 Å². The number of amides is 1. The second-order valence-corrected chi connectivity index (χ2v) is 7.05. The summed E-state index contributed by atoms with van der Waals surface area (Å²) in [5.74, 6) is -2.30. The monoisotopic (exact) mass is 424 g/mol. The van der Waals surface area contributed by atoms with Gasteiger partial charge in [-0.1, -0.05) is 0 Å². The van der Waals surface area contributed by atoms with Crippen LogP contribution in [-0.2, 0) is 4.79 Å². The number of nitrogens with one attached hydrogen (secondary N) is 1. The second kappa shape index (κ2) is 7.73. The summed E-state index contributed by atoms with van der Waals surface area (Å²) < 4.78 is 28.4. The van der Waals surface area contributed by atoms with Crippen molar-refractivity contribution < 1.29 is 18.7 Å². The van der Waals surface area contributed by atoms with Crippen molar-refractivity contribution in [3.05, 3.63) is 71.2 Å². The van der Waals surface area contributed by atoms with E-state index in [4.69, 9.17) is 5.73 Å². The largest absolute Gasteiger partial charge is 0.382 e. The number of aliphatic hydroxyl groups is 1. The van der Waals surface area contributed by atoms with E-state index in [0.29, 0.717) is 34.2 Å². The van der Waals surface area contributed by atoms with Crippen molar-refractivity contribution in [1.82, 2.24) is 19.7 Å². The number of fused-ring (bicyclic) bond motifs is 1. The zero-order valence-electron chi connectivity index (χ0n) is 16.6. The van der Waals surface area contributed by atoms with E-state index < -0.39 is 23.6 Å². The van der Waals surface area contributed by atoms with E-state index in [9.17, 15) is 18.7 Å². The molecule has 4 rings (SSSR count). The number of anilines is 2. The average Bonchev–Trinajstić information content (AvgIpc) is 3.04. The highest BCUT2D eigenvalue weighted by molar-refractivity contribution is 5.95. The van der Waals surface area contributed by atoms with Gasteiger partial charge in [-0.2, -0.15) is 5.10 Å². The molecule has 2 aromatic heterocycles. The lowest BCUT2D eigenvalue weighted by molar-refractivity contribution is -0.124. The van der Waals surface area contributed by atoms with Crippen LogP contribution in [0.25, 0.3) is 16.7 Å². The van der Waals surface area contributed by atoms with Crippen LogP contribution in [0.5, 0.6) is 0 Å². The molecule has 4 N–H and O–H groups in total. The van der Waals surface area contributed by atoms with E-state index in [2.05, 4.69) is 20.4 Å². The smallest absolute Gasteiger partial charge is 0.257 e. The second-order valence-electron chi connectivity index (χ2n) is 7.05. The number of aryl methyl sites for hydroxylation is 2. The van der Waals surface area contributed by atoms with Crippen LogP contribution in [0.2, 0.25) is 0 Å². The van der Waals surface area contributed by atoms with Gasteiger partial charge in [-0.3, -0.25) is 4.79 Å². The fraction of sp³-hybridized carbons (Fsp3) is 0.143. The number of carbonyl (C=O) groups excluding carboxylic acids is 1. The molecular formula is C21H18F2N6O2. The Kier molecular flexibility index (Phi) is 5.07. The minimum atomic E-state index is -1.74. The standard InChI is InChI=1S/C21H18F2N6O2/c1-10-5-15(27-21(31)19(30)12-6-13(22)8-14(23)7-12)3-4-16(10)29-18-17(11(2)28-29)25-9-26-20(18)24/h3-9,19,30H,1-2H3,(H,27,31)(H2,24,25,26). The maximum atomic E-state index is 13.4. The third kappa shape index (κ3) is 3.80. The molecule has 2 heterocycles. The van der Waals surface area contributed by atoms with Crippen molar-refractivity contribution >= 4 is 28.4 Å². The van der Waals surface area contributed by atoms with Gasteiger partial charge in [0.25, 0.3) is 5.91 Å². The summed E-state index contributed by atoms with van der Waals surface area (Å²) >= 11 is 0. The van der Waals surface area contributed by atoms with Gasteiger partial charge in [0, 0.05) is 11.8 Å². The normalized spacial score (nSPS) is 12.2. The molecule has 1 unspecified atom stereocenters. The predicted molar refractivity (Wildman–Crippen MR) is 110 cm³/mol. The van der Waals surface area contributed by atoms with E-state index in [1.807, 2.05) is 13.8 Å². The Bertz CT molecular complexity index is 1300. The molecule has 1 amide bonds. The number of aromatic nitrogens is 4. The van der Waals surface area contributed by atoms with Crippen molar-refractivity contribution in [2.45, 2.75) is 20.0 Å². The summed E-state index contributed by atoms with van der Waals surface area (Å²) in [5, 5.41) is 17.2. The van der Waals surface area contributed by atoms with Gasteiger partial charge in [0.2, 0.25) is 0 Å². The zero-order chi connectivity index (χ0) is 22.3. The van der Waals surface area contributed by atoms with Crippen molar-refractivity contribution in [3.63, 3.8) is 0 Å². The highest BCUT2D eigenvalue weighted by Gasteiger charge is 2.20. The van der Waals surface area contributed by atoms with E-state index in [-0.39, 0.29) is 11.4 Å². The van der Waals surface area contributed by atoms with Crippen LogP contribution in [0, 0.1) is 25.5 Å². The Hall–Kier alpha value is -3.92. The number of carbonyl (C=O) groups is 1. The van der Waals surface area contributed by atoms with Crippen LogP contribution < -0.4 is 11.1 Å². The first-order valence-electron chi connectivity index (χ1n) is 9.26. The van der Waals surface area contributed by atoms with Crippen molar-refractivity contribution in [2.75, 3.05) is 11.1 Å². The molecule has 0 saturated heterocycles. The summed E-state index contributed by atoms with van der Waals surface area (Å²) in [6.07, 6.45) is -0.363. The summed E-state index contributed by atoms with van der Waals surface area (Å²) in [4.78, 5) is 20.6. The molecule has 0 fully saturated rings. The molecule has 0 saturated carbocycles. The van der Waals surface area contributed by atoms with Crippen molar-refractivity contribution in [1.29, 1.82) is 0 Å². The molecule has 4 aromatic rings. The highest BCUT2D eigenvalue weighted by Crippen LogP contribution is 2.27. The van der Waals surface area contributed by atoms with E-state index in [0.717, 1.165) is 17.7 Å². The predicted octanol–water partition coefficient (Wildman–Crippen LogP) is 2.96. The van der Waals surface area contributed by atoms with Crippen LogP contribution in [-0.4, -0.2) is 30.8 Å². The number of hydrogen-bond acceptors (Lipinski definition) is 6. The van der Waals surface area contributed by atoms with E-state index in [1.165, 1.54) is 6.33 Å². The summed E-state index contributed by atoms with van der Waals surface area (Å²) in [6, 6.07) is 7.47. The fourth-order valence-corrected chi connectivity index (χ4v) is 3.35. The molecule has 31 heavy (non-hydrogen) atoms. The van der Waals surface area contributed by atoms with Crippen LogP contribution in [0.15, 0.2) is 42.7 Å². The molecule has 0 radical (unpaired) electrons. The Balaban J connectivity index is 1.62. The number of nitrogen functional groups attached to an aromatic ring is 1. The van der Waals surface area contributed by atoms with Crippen LogP contribution >= 0.6 is 0 Å². The number of halogens is 2. The lowest BCUT2D eigenvalue weighted by Gasteiger charge is -2.14. The molecular weight excluding hydrogens is 406 g/mol. The van der Waals surface area contributed by atoms with Crippen molar-refractivity contribution in [2.24, 2.45) is 0 Å². The highest BCUT2D eigenvalue weighted by atomic mass is 19.1. The molecule has 158 valence electrons. The molecule has 8 nitrogen and oxygen atoms in total. The van der Waals surface area contributed by atoms with Crippen LogP contribution in [0.4, 0.5) is 20.3 Å². The summed E-state index contributed by atoms with van der Waals surface area (Å²) in [5.41, 5.74) is 9.56. The number of benzene rings is 2. The molecule has 10 heteroatoms. The van der Waals surface area contributed by atoms with Gasteiger partial charge in [0.1, 0.15) is 29.0 Å². The minimum Gasteiger partial charge on any atom is -0.382 e. The van der Waals surface area contributed by atoms with Crippen LogP contribution in [0.3, 0.4) is 0 Å². The Morgan fingerprint density at radius 3 is 2.52 bits per heavy atom. The quantitative estimate of drug-likeness (QED) is 0.463. The average molecular weight is 424 g/mol. The molecule has 2 aromatic carbocycles. The third-order valence-electron chi connectivity index (χ3n) is 4.80. The fourth-order valence-electron chi connectivity index (χ4n) is 3.35. The molecule has 0 aliphatic carbocycles. The van der Waals surface area contributed by atoms with Gasteiger partial charge in [0.05, 0.1) is 11.4 Å². The van der Waals surface area contributed by atoms with Crippen LogP contribution in [0.1, 0.15) is 22.9 Å². The maximum Gasteiger partial charge on any atom is 0.257 e. The Morgan fingerprint density at radius 1 is 1.13 bits per heavy atom.